The minimum atomic E-state index is 1.04. The molecule has 1 aromatic carbocycles. The number of benzene rings is 1. The Morgan fingerprint density at radius 3 is 2.91 bits per heavy atom. The lowest BCUT2D eigenvalue weighted by Gasteiger charge is -2.03. The van der Waals surface area contributed by atoms with Crippen LogP contribution in [-0.4, -0.2) is 6.54 Å². The van der Waals surface area contributed by atoms with E-state index in [9.17, 15) is 0 Å². The highest BCUT2D eigenvalue weighted by Gasteiger charge is 1.89. The Balaban J connectivity index is 2.56. The molecule has 0 unspecified atom stereocenters. The van der Waals surface area contributed by atoms with Gasteiger partial charge in [0.25, 0.3) is 0 Å². The largest absolute Gasteiger partial charge is 0.385 e. The van der Waals surface area contributed by atoms with E-state index >= 15 is 0 Å². The van der Waals surface area contributed by atoms with Crippen molar-refractivity contribution < 1.29 is 0 Å². The molecule has 1 N–H and O–H groups in total. The van der Waals surface area contributed by atoms with Crippen molar-refractivity contribution in [3.8, 4) is 0 Å². The molecule has 0 saturated carbocycles. The second kappa shape index (κ2) is 4.39. The highest BCUT2D eigenvalue weighted by molar-refractivity contribution is 9.10. The van der Waals surface area contributed by atoms with Crippen LogP contribution in [0, 0.1) is 0 Å². The Labute approximate surface area is 75.9 Å². The van der Waals surface area contributed by atoms with Crippen molar-refractivity contribution in [2.75, 3.05) is 11.9 Å². The molecule has 0 atom stereocenters. The monoisotopic (exact) mass is 213 g/mol. The van der Waals surface area contributed by atoms with E-state index in [1.165, 1.54) is 5.69 Å². The van der Waals surface area contributed by atoms with Crippen molar-refractivity contribution in [1.29, 1.82) is 0 Å². The predicted molar refractivity (Wildman–Crippen MR) is 52.9 cm³/mol. The van der Waals surface area contributed by atoms with Gasteiger partial charge >= 0.3 is 0 Å². The van der Waals surface area contributed by atoms with Gasteiger partial charge in [-0.25, -0.2) is 0 Å². The molecule has 60 valence electrons. The third kappa shape index (κ3) is 2.93. The van der Waals surface area contributed by atoms with Crippen LogP contribution in [0.15, 0.2) is 28.7 Å². The van der Waals surface area contributed by atoms with Crippen LogP contribution in [0.5, 0.6) is 0 Å². The van der Waals surface area contributed by atoms with Gasteiger partial charge in [0.05, 0.1) is 0 Å². The Bertz CT molecular complexity index is 223. The van der Waals surface area contributed by atoms with Gasteiger partial charge in [-0.2, -0.15) is 0 Å². The molecular formula is C9H12BrN. The van der Waals surface area contributed by atoms with Crippen LogP contribution in [0.25, 0.3) is 0 Å². The molecule has 0 spiro atoms. The molecule has 0 aliphatic heterocycles. The lowest BCUT2D eigenvalue weighted by molar-refractivity contribution is 0.979. The zero-order chi connectivity index (χ0) is 8.10. The van der Waals surface area contributed by atoms with Crippen molar-refractivity contribution in [1.82, 2.24) is 0 Å². The van der Waals surface area contributed by atoms with Crippen LogP contribution in [0.4, 0.5) is 5.69 Å². The minimum absolute atomic E-state index is 1.04. The van der Waals surface area contributed by atoms with Crippen molar-refractivity contribution in [2.24, 2.45) is 0 Å². The van der Waals surface area contributed by atoms with Crippen molar-refractivity contribution >= 4 is 21.6 Å². The average molecular weight is 214 g/mol. The third-order valence-electron chi connectivity index (χ3n) is 1.40. The Kier molecular flexibility index (Phi) is 3.43. The standard InChI is InChI=1S/C9H12BrN/c1-2-6-11-9-5-3-4-8(10)7-9/h3-5,7,11H,2,6H2,1H3. The molecule has 2 heteroatoms. The summed E-state index contributed by atoms with van der Waals surface area (Å²) in [6.07, 6.45) is 1.16. The number of hydrogen-bond acceptors (Lipinski definition) is 1. The molecule has 11 heavy (non-hydrogen) atoms. The molecule has 0 aromatic heterocycles. The molecule has 1 rings (SSSR count). The summed E-state index contributed by atoms with van der Waals surface area (Å²) in [5.41, 5.74) is 1.18. The molecular weight excluding hydrogens is 202 g/mol. The minimum Gasteiger partial charge on any atom is -0.385 e. The smallest absolute Gasteiger partial charge is 0.0351 e. The van der Waals surface area contributed by atoms with E-state index in [-0.39, 0.29) is 0 Å². The van der Waals surface area contributed by atoms with Crippen molar-refractivity contribution in [3.63, 3.8) is 0 Å². The summed E-state index contributed by atoms with van der Waals surface area (Å²) in [4.78, 5) is 0. The summed E-state index contributed by atoms with van der Waals surface area (Å²) in [6.45, 7) is 3.20. The second-order valence-electron chi connectivity index (χ2n) is 2.44. The maximum absolute atomic E-state index is 3.41. The number of halogens is 1. The van der Waals surface area contributed by atoms with Crippen LogP contribution in [0.3, 0.4) is 0 Å². The Morgan fingerprint density at radius 1 is 1.45 bits per heavy atom. The lowest BCUT2D eigenvalue weighted by Crippen LogP contribution is -1.98. The van der Waals surface area contributed by atoms with Gasteiger partial charge < -0.3 is 5.32 Å². The molecule has 0 saturated heterocycles. The van der Waals surface area contributed by atoms with E-state index in [4.69, 9.17) is 0 Å². The van der Waals surface area contributed by atoms with Crippen LogP contribution >= 0.6 is 15.9 Å². The summed E-state index contributed by atoms with van der Waals surface area (Å²) in [6, 6.07) is 8.20. The fraction of sp³-hybridized carbons (Fsp3) is 0.333. The molecule has 0 aliphatic rings. The van der Waals surface area contributed by atoms with Gasteiger partial charge in [-0.1, -0.05) is 28.9 Å². The number of rotatable bonds is 3. The van der Waals surface area contributed by atoms with E-state index in [0.717, 1.165) is 17.4 Å². The van der Waals surface area contributed by atoms with Gasteiger partial charge in [-0.15, -0.1) is 0 Å². The van der Waals surface area contributed by atoms with Gasteiger partial charge in [0, 0.05) is 16.7 Å². The maximum atomic E-state index is 3.41. The van der Waals surface area contributed by atoms with Crippen LogP contribution in [0.2, 0.25) is 0 Å². The molecule has 0 bridgehead atoms. The van der Waals surface area contributed by atoms with Crippen LogP contribution in [0.1, 0.15) is 13.3 Å². The van der Waals surface area contributed by atoms with Gasteiger partial charge in [-0.05, 0) is 24.6 Å². The molecule has 0 fully saturated rings. The fourth-order valence-electron chi connectivity index (χ4n) is 0.868. The molecule has 0 radical (unpaired) electrons. The highest BCUT2D eigenvalue weighted by atomic mass is 79.9. The summed E-state index contributed by atoms with van der Waals surface area (Å²) in [7, 11) is 0. The summed E-state index contributed by atoms with van der Waals surface area (Å²) >= 11 is 3.41. The van der Waals surface area contributed by atoms with Gasteiger partial charge in [0.15, 0.2) is 0 Å². The first kappa shape index (κ1) is 8.60. The summed E-state index contributed by atoms with van der Waals surface area (Å²) in [5, 5.41) is 3.31. The van der Waals surface area contributed by atoms with Crippen molar-refractivity contribution in [3.05, 3.63) is 28.7 Å². The Hall–Kier alpha value is -0.500. The maximum Gasteiger partial charge on any atom is 0.0351 e. The first-order valence-electron chi connectivity index (χ1n) is 3.82. The highest BCUT2D eigenvalue weighted by Crippen LogP contribution is 2.15. The quantitative estimate of drug-likeness (QED) is 0.814. The first-order valence-corrected chi connectivity index (χ1v) is 4.61. The van der Waals surface area contributed by atoms with Crippen LogP contribution in [-0.2, 0) is 0 Å². The zero-order valence-corrected chi connectivity index (χ0v) is 8.19. The van der Waals surface area contributed by atoms with E-state index < -0.39 is 0 Å². The van der Waals surface area contributed by atoms with Gasteiger partial charge in [0.2, 0.25) is 0 Å². The van der Waals surface area contributed by atoms with Crippen LogP contribution < -0.4 is 5.32 Å². The number of hydrogen-bond donors (Lipinski definition) is 1. The molecule has 1 aromatic rings. The second-order valence-corrected chi connectivity index (χ2v) is 3.35. The summed E-state index contributed by atoms with van der Waals surface area (Å²) < 4.78 is 1.12. The van der Waals surface area contributed by atoms with Gasteiger partial charge in [-0.3, -0.25) is 0 Å². The first-order chi connectivity index (χ1) is 5.33. The fourth-order valence-corrected chi connectivity index (χ4v) is 1.27. The number of nitrogens with one attached hydrogen (secondary N) is 1. The topological polar surface area (TPSA) is 12.0 Å². The van der Waals surface area contributed by atoms with Crippen molar-refractivity contribution in [2.45, 2.75) is 13.3 Å². The zero-order valence-electron chi connectivity index (χ0n) is 6.60. The third-order valence-corrected chi connectivity index (χ3v) is 1.90. The summed E-state index contributed by atoms with van der Waals surface area (Å²) in [5.74, 6) is 0. The molecule has 1 nitrogen and oxygen atoms in total. The van der Waals surface area contributed by atoms with Gasteiger partial charge in [0.1, 0.15) is 0 Å². The molecule has 0 heterocycles. The number of anilines is 1. The molecule has 0 aliphatic carbocycles. The predicted octanol–water partition coefficient (Wildman–Crippen LogP) is 3.27. The van der Waals surface area contributed by atoms with E-state index in [1.807, 2.05) is 12.1 Å². The van der Waals surface area contributed by atoms with E-state index in [2.05, 4.69) is 40.3 Å². The Morgan fingerprint density at radius 2 is 2.27 bits per heavy atom. The average Bonchev–Trinajstić information content (AvgIpc) is 2.01. The SMILES string of the molecule is CCCNc1cccc(Br)c1. The lowest BCUT2D eigenvalue weighted by atomic mass is 10.3. The molecule has 0 amide bonds. The van der Waals surface area contributed by atoms with E-state index in [0.29, 0.717) is 0 Å². The van der Waals surface area contributed by atoms with E-state index in [1.54, 1.807) is 0 Å². The normalized spacial score (nSPS) is 9.64.